The van der Waals surface area contributed by atoms with Crippen molar-refractivity contribution in [3.63, 3.8) is 0 Å². The van der Waals surface area contributed by atoms with Gasteiger partial charge in [0.05, 0.1) is 12.6 Å². The van der Waals surface area contributed by atoms with Gasteiger partial charge in [-0.05, 0) is 44.4 Å². The summed E-state index contributed by atoms with van der Waals surface area (Å²) in [5, 5.41) is 2.87. The number of esters is 1. The predicted molar refractivity (Wildman–Crippen MR) is 95.9 cm³/mol. The summed E-state index contributed by atoms with van der Waals surface area (Å²) in [7, 11) is 0. The average Bonchev–Trinajstić information content (AvgIpc) is 2.63. The second-order valence-electron chi connectivity index (χ2n) is 7.45. The van der Waals surface area contributed by atoms with Crippen molar-refractivity contribution in [1.82, 2.24) is 5.32 Å². The molecule has 6 nitrogen and oxygen atoms in total. The van der Waals surface area contributed by atoms with E-state index in [1.165, 1.54) is 19.3 Å². The SMILES string of the molecule is CCOC(=O)[C@@H](CC1CCCCC1)NC(=O)C(N)CC1CCOCC1. The summed E-state index contributed by atoms with van der Waals surface area (Å²) < 4.78 is 10.5. The van der Waals surface area contributed by atoms with Crippen LogP contribution in [0.5, 0.6) is 0 Å². The van der Waals surface area contributed by atoms with Crippen LogP contribution in [0.2, 0.25) is 0 Å². The third-order valence-electron chi connectivity index (χ3n) is 5.45. The summed E-state index contributed by atoms with van der Waals surface area (Å²) in [6, 6.07) is -1.15. The van der Waals surface area contributed by atoms with Crippen molar-refractivity contribution in [2.24, 2.45) is 17.6 Å². The smallest absolute Gasteiger partial charge is 0.328 e. The summed E-state index contributed by atoms with van der Waals surface area (Å²) in [4.78, 5) is 24.8. The maximum absolute atomic E-state index is 12.5. The fourth-order valence-electron chi connectivity index (χ4n) is 3.94. The molecule has 0 aromatic rings. The maximum Gasteiger partial charge on any atom is 0.328 e. The van der Waals surface area contributed by atoms with Crippen molar-refractivity contribution in [3.8, 4) is 0 Å². The Morgan fingerprint density at radius 2 is 1.72 bits per heavy atom. The van der Waals surface area contributed by atoms with E-state index < -0.39 is 12.1 Å². The molecule has 1 amide bonds. The molecule has 2 aliphatic rings. The van der Waals surface area contributed by atoms with Crippen molar-refractivity contribution in [2.75, 3.05) is 19.8 Å². The van der Waals surface area contributed by atoms with E-state index in [-0.39, 0.29) is 11.9 Å². The molecule has 1 unspecified atom stereocenters. The summed E-state index contributed by atoms with van der Waals surface area (Å²) in [6.45, 7) is 3.59. The van der Waals surface area contributed by atoms with Crippen molar-refractivity contribution in [3.05, 3.63) is 0 Å². The summed E-state index contributed by atoms with van der Waals surface area (Å²) >= 11 is 0. The zero-order chi connectivity index (χ0) is 18.1. The molecule has 2 atom stereocenters. The van der Waals surface area contributed by atoms with E-state index in [0.29, 0.717) is 31.3 Å². The maximum atomic E-state index is 12.5. The van der Waals surface area contributed by atoms with Gasteiger partial charge in [0, 0.05) is 13.2 Å². The van der Waals surface area contributed by atoms with Gasteiger partial charge < -0.3 is 20.5 Å². The fourth-order valence-corrected chi connectivity index (χ4v) is 3.94. The van der Waals surface area contributed by atoms with Gasteiger partial charge >= 0.3 is 5.97 Å². The van der Waals surface area contributed by atoms with E-state index in [2.05, 4.69) is 5.32 Å². The van der Waals surface area contributed by atoms with Crippen molar-refractivity contribution in [1.29, 1.82) is 0 Å². The molecule has 1 aliphatic carbocycles. The van der Waals surface area contributed by atoms with Crippen LogP contribution in [0.3, 0.4) is 0 Å². The van der Waals surface area contributed by atoms with E-state index in [1.807, 2.05) is 0 Å². The molecule has 1 aliphatic heterocycles. The first kappa shape index (κ1) is 20.2. The van der Waals surface area contributed by atoms with E-state index in [9.17, 15) is 9.59 Å². The quantitative estimate of drug-likeness (QED) is 0.652. The molecule has 0 spiro atoms. The second kappa shape index (κ2) is 10.8. The number of hydrogen-bond donors (Lipinski definition) is 2. The molecule has 144 valence electrons. The highest BCUT2D eigenvalue weighted by Crippen LogP contribution is 2.27. The van der Waals surface area contributed by atoms with Gasteiger partial charge in [-0.3, -0.25) is 4.79 Å². The molecule has 25 heavy (non-hydrogen) atoms. The lowest BCUT2D eigenvalue weighted by molar-refractivity contribution is -0.148. The first-order valence-corrected chi connectivity index (χ1v) is 9.90. The second-order valence-corrected chi connectivity index (χ2v) is 7.45. The number of amides is 1. The Labute approximate surface area is 151 Å². The molecule has 3 N–H and O–H groups in total. The Bertz CT molecular complexity index is 418. The Hall–Kier alpha value is -1.14. The van der Waals surface area contributed by atoms with Gasteiger partial charge in [0.15, 0.2) is 0 Å². The third-order valence-corrected chi connectivity index (χ3v) is 5.45. The lowest BCUT2D eigenvalue weighted by Crippen LogP contribution is -2.50. The van der Waals surface area contributed by atoms with Crippen LogP contribution >= 0.6 is 0 Å². The van der Waals surface area contributed by atoms with E-state index in [4.69, 9.17) is 15.2 Å². The molecular weight excluding hydrogens is 320 g/mol. The summed E-state index contributed by atoms with van der Waals surface area (Å²) in [6.07, 6.45) is 9.13. The Balaban J connectivity index is 1.86. The van der Waals surface area contributed by atoms with Gasteiger partial charge in [0.25, 0.3) is 0 Å². The largest absolute Gasteiger partial charge is 0.464 e. The third kappa shape index (κ3) is 6.94. The topological polar surface area (TPSA) is 90.7 Å². The predicted octanol–water partition coefficient (Wildman–Crippen LogP) is 2.15. The first-order valence-electron chi connectivity index (χ1n) is 9.90. The van der Waals surface area contributed by atoms with Gasteiger partial charge in [-0.25, -0.2) is 4.79 Å². The molecule has 0 radical (unpaired) electrons. The summed E-state index contributed by atoms with van der Waals surface area (Å²) in [5.74, 6) is 0.337. The average molecular weight is 354 g/mol. The molecule has 1 saturated carbocycles. The van der Waals surface area contributed by atoms with Gasteiger partial charge in [-0.15, -0.1) is 0 Å². The highest BCUT2D eigenvalue weighted by Gasteiger charge is 2.29. The zero-order valence-corrected chi connectivity index (χ0v) is 15.5. The van der Waals surface area contributed by atoms with Crippen molar-refractivity contribution >= 4 is 11.9 Å². The lowest BCUT2D eigenvalue weighted by Gasteiger charge is -2.28. The standard InChI is InChI=1S/C19H34N2O4/c1-2-25-19(23)17(13-14-6-4-3-5-7-14)21-18(22)16(20)12-15-8-10-24-11-9-15/h14-17H,2-13,20H2,1H3,(H,21,22)/t16?,17-/m1/s1. The monoisotopic (exact) mass is 354 g/mol. The molecule has 1 heterocycles. The van der Waals surface area contributed by atoms with Gasteiger partial charge in [0.2, 0.25) is 5.91 Å². The van der Waals surface area contributed by atoms with E-state index >= 15 is 0 Å². The minimum atomic E-state index is -0.577. The van der Waals surface area contributed by atoms with Crippen LogP contribution in [-0.4, -0.2) is 43.8 Å². The molecule has 2 rings (SSSR count). The van der Waals surface area contributed by atoms with Crippen LogP contribution in [0.15, 0.2) is 0 Å². The molecule has 2 fully saturated rings. The fraction of sp³-hybridized carbons (Fsp3) is 0.895. The number of rotatable bonds is 8. The number of nitrogens with two attached hydrogens (primary N) is 1. The number of nitrogens with one attached hydrogen (secondary N) is 1. The molecule has 1 saturated heterocycles. The van der Waals surface area contributed by atoms with E-state index in [0.717, 1.165) is 38.9 Å². The van der Waals surface area contributed by atoms with Crippen LogP contribution in [0.25, 0.3) is 0 Å². The normalized spacial score (nSPS) is 22.2. The minimum Gasteiger partial charge on any atom is -0.464 e. The van der Waals surface area contributed by atoms with Gasteiger partial charge in [-0.2, -0.15) is 0 Å². The first-order chi connectivity index (χ1) is 12.1. The van der Waals surface area contributed by atoms with Gasteiger partial charge in [0.1, 0.15) is 6.04 Å². The molecular formula is C19H34N2O4. The number of ether oxygens (including phenoxy) is 2. The number of hydrogen-bond acceptors (Lipinski definition) is 5. The molecule has 0 bridgehead atoms. The zero-order valence-electron chi connectivity index (χ0n) is 15.5. The van der Waals surface area contributed by atoms with Crippen LogP contribution < -0.4 is 11.1 Å². The van der Waals surface area contributed by atoms with Crippen LogP contribution in [-0.2, 0) is 19.1 Å². The van der Waals surface area contributed by atoms with Crippen molar-refractivity contribution < 1.29 is 19.1 Å². The van der Waals surface area contributed by atoms with Gasteiger partial charge in [-0.1, -0.05) is 32.1 Å². The Morgan fingerprint density at radius 1 is 1.08 bits per heavy atom. The number of carbonyl (C=O) groups is 2. The molecule has 0 aromatic carbocycles. The minimum absolute atomic E-state index is 0.236. The van der Waals surface area contributed by atoms with E-state index in [1.54, 1.807) is 6.92 Å². The highest BCUT2D eigenvalue weighted by molar-refractivity contribution is 5.87. The summed E-state index contributed by atoms with van der Waals surface area (Å²) in [5.41, 5.74) is 6.10. The lowest BCUT2D eigenvalue weighted by atomic mass is 9.84. The molecule has 0 aromatic heterocycles. The Kier molecular flexibility index (Phi) is 8.68. The van der Waals surface area contributed by atoms with Crippen LogP contribution in [0.1, 0.15) is 64.7 Å². The van der Waals surface area contributed by atoms with Crippen LogP contribution in [0, 0.1) is 11.8 Å². The number of carbonyl (C=O) groups excluding carboxylic acids is 2. The molecule has 6 heteroatoms. The van der Waals surface area contributed by atoms with Crippen LogP contribution in [0.4, 0.5) is 0 Å². The van der Waals surface area contributed by atoms with Crippen molar-refractivity contribution in [2.45, 2.75) is 76.8 Å². The highest BCUT2D eigenvalue weighted by atomic mass is 16.5. The Morgan fingerprint density at radius 3 is 2.36 bits per heavy atom.